The molecule has 0 aliphatic heterocycles. The highest BCUT2D eigenvalue weighted by Crippen LogP contribution is 2.21. The van der Waals surface area contributed by atoms with Gasteiger partial charge >= 0.3 is 0 Å². The fraction of sp³-hybridized carbons (Fsp3) is 0.231. The largest absolute Gasteiger partial charge is 0.274 e. The maximum absolute atomic E-state index is 4.18. The van der Waals surface area contributed by atoms with Gasteiger partial charge in [-0.25, -0.2) is 0 Å². The predicted molar refractivity (Wildman–Crippen MR) is 71.8 cm³/mol. The van der Waals surface area contributed by atoms with E-state index >= 15 is 0 Å². The Morgan fingerprint density at radius 1 is 1.24 bits per heavy atom. The zero-order valence-electron chi connectivity index (χ0n) is 10.1. The van der Waals surface area contributed by atoms with Crippen molar-refractivity contribution in [2.45, 2.75) is 19.0 Å². The Balaban J connectivity index is 2.39. The van der Waals surface area contributed by atoms with Crippen molar-refractivity contribution < 1.29 is 0 Å². The number of aromatic nitrogens is 3. The van der Waals surface area contributed by atoms with E-state index in [9.17, 15) is 0 Å². The average molecular weight is 245 g/mol. The van der Waals surface area contributed by atoms with Crippen molar-refractivity contribution in [3.05, 3.63) is 48.3 Å². The summed E-state index contributed by atoms with van der Waals surface area (Å²) in [4.78, 5) is 0. The molecule has 88 valence electrons. The van der Waals surface area contributed by atoms with Crippen molar-refractivity contribution in [3.63, 3.8) is 0 Å². The second kappa shape index (κ2) is 5.19. The van der Waals surface area contributed by atoms with Gasteiger partial charge in [0.25, 0.3) is 0 Å². The minimum atomic E-state index is 0.837. The first-order valence-electron chi connectivity index (χ1n) is 5.45. The van der Waals surface area contributed by atoms with E-state index in [4.69, 9.17) is 0 Å². The van der Waals surface area contributed by atoms with E-state index in [1.165, 1.54) is 5.56 Å². The molecule has 0 fully saturated rings. The standard InChI is InChI=1S/C13H15N3S/c1-4-9-17-13-15-14-11(3)16(13)12-7-5-10(2)6-8-12/h4-8H,1,9H2,2-3H3. The van der Waals surface area contributed by atoms with Crippen molar-refractivity contribution in [2.75, 3.05) is 5.75 Å². The van der Waals surface area contributed by atoms with Crippen LogP contribution in [0.2, 0.25) is 0 Å². The molecule has 0 aliphatic carbocycles. The molecule has 0 atom stereocenters. The van der Waals surface area contributed by atoms with Crippen LogP contribution in [0.3, 0.4) is 0 Å². The third-order valence-corrected chi connectivity index (χ3v) is 3.34. The third kappa shape index (κ3) is 2.58. The molecule has 3 nitrogen and oxygen atoms in total. The van der Waals surface area contributed by atoms with Crippen LogP contribution in [0.15, 0.2) is 42.1 Å². The number of nitrogens with zero attached hydrogens (tertiary/aromatic N) is 3. The lowest BCUT2D eigenvalue weighted by Crippen LogP contribution is -1.99. The van der Waals surface area contributed by atoms with Crippen LogP contribution < -0.4 is 0 Å². The van der Waals surface area contributed by atoms with E-state index < -0.39 is 0 Å². The summed E-state index contributed by atoms with van der Waals surface area (Å²) in [6, 6.07) is 8.36. The molecule has 4 heteroatoms. The summed E-state index contributed by atoms with van der Waals surface area (Å²) in [7, 11) is 0. The molecule has 1 aromatic carbocycles. The number of benzene rings is 1. The van der Waals surface area contributed by atoms with Crippen molar-refractivity contribution in [2.24, 2.45) is 0 Å². The average Bonchev–Trinajstić information content (AvgIpc) is 2.69. The van der Waals surface area contributed by atoms with Gasteiger partial charge in [0.05, 0.1) is 0 Å². The first kappa shape index (κ1) is 11.9. The number of aryl methyl sites for hydroxylation is 2. The topological polar surface area (TPSA) is 30.7 Å². The SMILES string of the molecule is C=CCSc1nnc(C)n1-c1ccc(C)cc1. The zero-order chi connectivity index (χ0) is 12.3. The Hall–Kier alpha value is -1.55. The Kier molecular flexibility index (Phi) is 3.64. The Morgan fingerprint density at radius 3 is 2.59 bits per heavy atom. The van der Waals surface area contributed by atoms with E-state index in [0.717, 1.165) is 22.4 Å². The minimum Gasteiger partial charge on any atom is -0.274 e. The Bertz CT molecular complexity index is 514. The van der Waals surface area contributed by atoms with Gasteiger partial charge in [-0.05, 0) is 26.0 Å². The number of hydrogen-bond donors (Lipinski definition) is 0. The van der Waals surface area contributed by atoms with Gasteiger partial charge in [-0.15, -0.1) is 16.8 Å². The van der Waals surface area contributed by atoms with Gasteiger partial charge in [0.1, 0.15) is 5.82 Å². The highest BCUT2D eigenvalue weighted by atomic mass is 32.2. The van der Waals surface area contributed by atoms with E-state index in [2.05, 4.69) is 52.5 Å². The molecule has 0 saturated carbocycles. The molecule has 1 heterocycles. The van der Waals surface area contributed by atoms with E-state index in [-0.39, 0.29) is 0 Å². The molecule has 0 amide bonds. The van der Waals surface area contributed by atoms with Gasteiger partial charge in [-0.1, -0.05) is 35.5 Å². The summed E-state index contributed by atoms with van der Waals surface area (Å²) in [5, 5.41) is 9.21. The first-order valence-corrected chi connectivity index (χ1v) is 6.43. The normalized spacial score (nSPS) is 10.5. The molecule has 0 aliphatic rings. The third-order valence-electron chi connectivity index (χ3n) is 2.42. The molecular formula is C13H15N3S. The summed E-state index contributed by atoms with van der Waals surface area (Å²) in [5.41, 5.74) is 2.35. The van der Waals surface area contributed by atoms with E-state index in [1.54, 1.807) is 11.8 Å². The lowest BCUT2D eigenvalue weighted by atomic mass is 10.2. The molecule has 0 spiro atoms. The molecular weight excluding hydrogens is 230 g/mol. The lowest BCUT2D eigenvalue weighted by molar-refractivity contribution is 0.869. The molecule has 2 aromatic rings. The van der Waals surface area contributed by atoms with Crippen LogP contribution in [0.25, 0.3) is 5.69 Å². The highest BCUT2D eigenvalue weighted by molar-refractivity contribution is 7.99. The summed E-state index contributed by atoms with van der Waals surface area (Å²) < 4.78 is 2.06. The highest BCUT2D eigenvalue weighted by Gasteiger charge is 2.10. The smallest absolute Gasteiger partial charge is 0.196 e. The fourth-order valence-electron chi connectivity index (χ4n) is 1.56. The number of hydrogen-bond acceptors (Lipinski definition) is 3. The molecule has 0 N–H and O–H groups in total. The Morgan fingerprint density at radius 2 is 1.94 bits per heavy atom. The van der Waals surface area contributed by atoms with Crippen LogP contribution in [-0.2, 0) is 0 Å². The Labute approximate surface area is 106 Å². The molecule has 0 radical (unpaired) electrons. The van der Waals surface area contributed by atoms with Gasteiger partial charge in [-0.2, -0.15) is 0 Å². The van der Waals surface area contributed by atoms with Crippen LogP contribution in [0.1, 0.15) is 11.4 Å². The van der Waals surface area contributed by atoms with Crippen molar-refractivity contribution in [3.8, 4) is 5.69 Å². The second-order valence-electron chi connectivity index (χ2n) is 3.80. The summed E-state index contributed by atoms with van der Waals surface area (Å²) >= 11 is 1.64. The fourth-order valence-corrected chi connectivity index (χ4v) is 2.29. The van der Waals surface area contributed by atoms with Gasteiger partial charge in [0, 0.05) is 11.4 Å². The van der Waals surface area contributed by atoms with Crippen molar-refractivity contribution in [1.29, 1.82) is 0 Å². The maximum Gasteiger partial charge on any atom is 0.196 e. The van der Waals surface area contributed by atoms with Crippen LogP contribution >= 0.6 is 11.8 Å². The summed E-state index contributed by atoms with van der Waals surface area (Å²) in [5.74, 6) is 1.74. The number of rotatable bonds is 4. The summed E-state index contributed by atoms with van der Waals surface area (Å²) in [6.07, 6.45) is 1.87. The van der Waals surface area contributed by atoms with E-state index in [0.29, 0.717) is 0 Å². The van der Waals surface area contributed by atoms with Crippen molar-refractivity contribution >= 4 is 11.8 Å². The molecule has 0 bridgehead atoms. The quantitative estimate of drug-likeness (QED) is 0.612. The van der Waals surface area contributed by atoms with Crippen molar-refractivity contribution in [1.82, 2.24) is 14.8 Å². The molecule has 2 rings (SSSR count). The monoisotopic (exact) mass is 245 g/mol. The van der Waals surface area contributed by atoms with Gasteiger partial charge in [0.2, 0.25) is 0 Å². The molecule has 0 saturated heterocycles. The van der Waals surface area contributed by atoms with Crippen LogP contribution in [0.4, 0.5) is 0 Å². The van der Waals surface area contributed by atoms with Gasteiger partial charge in [-0.3, -0.25) is 4.57 Å². The zero-order valence-corrected chi connectivity index (χ0v) is 10.9. The molecule has 1 aromatic heterocycles. The van der Waals surface area contributed by atoms with Crippen LogP contribution in [0.5, 0.6) is 0 Å². The van der Waals surface area contributed by atoms with Gasteiger partial charge < -0.3 is 0 Å². The van der Waals surface area contributed by atoms with Crippen LogP contribution in [0, 0.1) is 13.8 Å². The summed E-state index contributed by atoms with van der Waals surface area (Å²) in [6.45, 7) is 7.76. The minimum absolute atomic E-state index is 0.837. The number of thioether (sulfide) groups is 1. The van der Waals surface area contributed by atoms with E-state index in [1.807, 2.05) is 13.0 Å². The van der Waals surface area contributed by atoms with Gasteiger partial charge in [0.15, 0.2) is 5.16 Å². The lowest BCUT2D eigenvalue weighted by Gasteiger charge is -2.07. The first-order chi connectivity index (χ1) is 8.22. The molecule has 17 heavy (non-hydrogen) atoms. The second-order valence-corrected chi connectivity index (χ2v) is 4.79. The maximum atomic E-state index is 4.18. The van der Waals surface area contributed by atoms with Crippen LogP contribution in [-0.4, -0.2) is 20.5 Å². The molecule has 0 unspecified atom stereocenters. The predicted octanol–water partition coefficient (Wildman–Crippen LogP) is 3.16.